The number of methoxy groups -OCH3 is 1. The first-order valence-electron chi connectivity index (χ1n) is 8.39. The van der Waals surface area contributed by atoms with Crippen LogP contribution in [0.5, 0.6) is 17.2 Å². The van der Waals surface area contributed by atoms with Crippen molar-refractivity contribution >= 4 is 0 Å². The van der Waals surface area contributed by atoms with E-state index in [-0.39, 0.29) is 12.4 Å². The topological polar surface area (TPSA) is 62.2 Å². The lowest BCUT2D eigenvalue weighted by Crippen LogP contribution is -2.30. The van der Waals surface area contributed by atoms with Crippen LogP contribution in [0, 0.1) is 0 Å². The van der Waals surface area contributed by atoms with E-state index >= 15 is 0 Å². The van der Waals surface area contributed by atoms with Gasteiger partial charge >= 0.3 is 0 Å². The van der Waals surface area contributed by atoms with Gasteiger partial charge in [0.15, 0.2) is 11.5 Å². The number of aromatic hydroxyl groups is 1. The van der Waals surface area contributed by atoms with E-state index in [0.717, 1.165) is 29.7 Å². The summed E-state index contributed by atoms with van der Waals surface area (Å²) in [6, 6.07) is 13.3. The lowest BCUT2D eigenvalue weighted by molar-refractivity contribution is 0.0827. The molecule has 2 N–H and O–H groups in total. The van der Waals surface area contributed by atoms with Crippen LogP contribution in [0.4, 0.5) is 0 Å². The van der Waals surface area contributed by atoms with Crippen molar-refractivity contribution in [2.45, 2.75) is 18.9 Å². The minimum absolute atomic E-state index is 0.143. The van der Waals surface area contributed by atoms with Crippen LogP contribution in [-0.4, -0.2) is 55.6 Å². The summed E-state index contributed by atoms with van der Waals surface area (Å²) in [5.74, 6) is 1.42. The summed E-state index contributed by atoms with van der Waals surface area (Å²) in [6.07, 6.45) is 1.08. The van der Waals surface area contributed by atoms with Crippen molar-refractivity contribution < 1.29 is 19.7 Å². The number of phenolic OH excluding ortho intramolecular Hbond substituents is 1. The molecule has 1 atom stereocenters. The molecule has 5 nitrogen and oxygen atoms in total. The van der Waals surface area contributed by atoms with Crippen LogP contribution in [0.1, 0.15) is 11.1 Å². The Labute approximate surface area is 149 Å². The van der Waals surface area contributed by atoms with Crippen molar-refractivity contribution in [2.75, 3.05) is 34.4 Å². The number of ether oxygens (including phenoxy) is 2. The summed E-state index contributed by atoms with van der Waals surface area (Å²) >= 11 is 0. The average molecular weight is 345 g/mol. The molecule has 0 aliphatic carbocycles. The molecule has 25 heavy (non-hydrogen) atoms. The Kier molecular flexibility index (Phi) is 7.10. The van der Waals surface area contributed by atoms with Crippen molar-refractivity contribution in [1.29, 1.82) is 0 Å². The molecule has 2 rings (SSSR count). The lowest BCUT2D eigenvalue weighted by Gasteiger charge is -2.18. The molecule has 0 unspecified atom stereocenters. The van der Waals surface area contributed by atoms with E-state index < -0.39 is 6.10 Å². The first-order valence-corrected chi connectivity index (χ1v) is 8.39. The van der Waals surface area contributed by atoms with Gasteiger partial charge in [0.2, 0.25) is 0 Å². The predicted molar refractivity (Wildman–Crippen MR) is 98.6 cm³/mol. The molecule has 0 saturated heterocycles. The van der Waals surface area contributed by atoms with Crippen molar-refractivity contribution in [3.63, 3.8) is 0 Å². The minimum atomic E-state index is -0.524. The van der Waals surface area contributed by atoms with E-state index in [1.807, 2.05) is 55.4 Å². The fourth-order valence-corrected chi connectivity index (χ4v) is 2.67. The normalized spacial score (nSPS) is 12.2. The van der Waals surface area contributed by atoms with E-state index in [1.54, 1.807) is 13.2 Å². The smallest absolute Gasteiger partial charge is 0.160 e. The number of hydrogen-bond acceptors (Lipinski definition) is 5. The Bertz CT molecular complexity index is 672. The SMILES string of the molecule is COc1cc(CCc2ccccc2OC[C@H](O)CN(C)C)ccc1O. The van der Waals surface area contributed by atoms with Gasteiger partial charge < -0.3 is 24.6 Å². The van der Waals surface area contributed by atoms with Gasteiger partial charge in [-0.2, -0.15) is 0 Å². The fourth-order valence-electron chi connectivity index (χ4n) is 2.67. The number of rotatable bonds is 9. The molecule has 0 heterocycles. The monoisotopic (exact) mass is 345 g/mol. The molecule has 0 bridgehead atoms. The zero-order valence-corrected chi connectivity index (χ0v) is 15.1. The molecule has 136 valence electrons. The quantitative estimate of drug-likeness (QED) is 0.731. The van der Waals surface area contributed by atoms with Gasteiger partial charge in [-0.3, -0.25) is 0 Å². The summed E-state index contributed by atoms with van der Waals surface area (Å²) in [7, 11) is 5.38. The third kappa shape index (κ3) is 5.96. The predicted octanol–water partition coefficient (Wildman–Crippen LogP) is 2.49. The first-order chi connectivity index (χ1) is 12.0. The highest BCUT2D eigenvalue weighted by atomic mass is 16.5. The van der Waals surface area contributed by atoms with Gasteiger partial charge in [-0.25, -0.2) is 0 Å². The number of nitrogens with zero attached hydrogens (tertiary/aromatic N) is 1. The average Bonchev–Trinajstić information content (AvgIpc) is 2.59. The fraction of sp³-hybridized carbons (Fsp3) is 0.400. The number of aliphatic hydroxyl groups excluding tert-OH is 1. The molecule has 0 aliphatic heterocycles. The largest absolute Gasteiger partial charge is 0.504 e. The van der Waals surface area contributed by atoms with Crippen LogP contribution in [0.25, 0.3) is 0 Å². The Morgan fingerprint density at radius 2 is 1.80 bits per heavy atom. The third-order valence-corrected chi connectivity index (χ3v) is 3.91. The molecule has 2 aromatic rings. The maximum Gasteiger partial charge on any atom is 0.160 e. The third-order valence-electron chi connectivity index (χ3n) is 3.91. The van der Waals surface area contributed by atoms with E-state index in [2.05, 4.69) is 0 Å². The van der Waals surface area contributed by atoms with E-state index in [1.165, 1.54) is 0 Å². The van der Waals surface area contributed by atoms with Crippen LogP contribution < -0.4 is 9.47 Å². The Hall–Kier alpha value is -2.24. The maximum absolute atomic E-state index is 9.96. The van der Waals surface area contributed by atoms with Gasteiger partial charge in [-0.1, -0.05) is 24.3 Å². The maximum atomic E-state index is 9.96. The second kappa shape index (κ2) is 9.30. The van der Waals surface area contributed by atoms with Crippen LogP contribution in [0.15, 0.2) is 42.5 Å². The van der Waals surface area contributed by atoms with Gasteiger partial charge in [0.25, 0.3) is 0 Å². The summed E-state index contributed by atoms with van der Waals surface area (Å²) in [5.41, 5.74) is 2.17. The highest BCUT2D eigenvalue weighted by Gasteiger charge is 2.10. The lowest BCUT2D eigenvalue weighted by atomic mass is 10.0. The molecule has 0 spiro atoms. The van der Waals surface area contributed by atoms with Gasteiger partial charge in [-0.15, -0.1) is 0 Å². The summed E-state index contributed by atoms with van der Waals surface area (Å²) in [5, 5.41) is 19.6. The number of phenols is 1. The van der Waals surface area contributed by atoms with Crippen molar-refractivity contribution in [3.05, 3.63) is 53.6 Å². The molecule has 0 fully saturated rings. The number of benzene rings is 2. The molecule has 0 radical (unpaired) electrons. The van der Waals surface area contributed by atoms with Gasteiger partial charge in [-0.05, 0) is 56.3 Å². The second-order valence-electron chi connectivity index (χ2n) is 6.34. The molecule has 2 aromatic carbocycles. The number of para-hydroxylation sites is 1. The summed E-state index contributed by atoms with van der Waals surface area (Å²) in [4.78, 5) is 1.93. The Balaban J connectivity index is 1.98. The molecule has 0 aromatic heterocycles. The number of aryl methyl sites for hydroxylation is 2. The molecular weight excluding hydrogens is 318 g/mol. The van der Waals surface area contributed by atoms with E-state index in [0.29, 0.717) is 12.3 Å². The van der Waals surface area contributed by atoms with Crippen molar-refractivity contribution in [3.8, 4) is 17.2 Å². The van der Waals surface area contributed by atoms with E-state index in [9.17, 15) is 10.2 Å². The van der Waals surface area contributed by atoms with Gasteiger partial charge in [0.1, 0.15) is 18.5 Å². The zero-order valence-electron chi connectivity index (χ0n) is 15.1. The van der Waals surface area contributed by atoms with Crippen LogP contribution in [0.3, 0.4) is 0 Å². The van der Waals surface area contributed by atoms with Gasteiger partial charge in [0.05, 0.1) is 7.11 Å². The van der Waals surface area contributed by atoms with Crippen molar-refractivity contribution in [1.82, 2.24) is 4.90 Å². The van der Waals surface area contributed by atoms with Gasteiger partial charge in [0, 0.05) is 6.54 Å². The molecular formula is C20H27NO4. The highest BCUT2D eigenvalue weighted by molar-refractivity contribution is 5.42. The van der Waals surface area contributed by atoms with E-state index in [4.69, 9.17) is 9.47 Å². The Morgan fingerprint density at radius 1 is 1.04 bits per heavy atom. The van der Waals surface area contributed by atoms with Crippen LogP contribution in [0.2, 0.25) is 0 Å². The standard InChI is InChI=1S/C20H27NO4/c1-21(2)13-17(22)14-25-19-7-5-4-6-16(19)10-8-15-9-11-18(23)20(12-15)24-3/h4-7,9,11-12,17,22-23H,8,10,13-14H2,1-3H3/t17-/m1/s1. The highest BCUT2D eigenvalue weighted by Crippen LogP contribution is 2.27. The van der Waals surface area contributed by atoms with Crippen LogP contribution >= 0.6 is 0 Å². The second-order valence-corrected chi connectivity index (χ2v) is 6.34. The number of likely N-dealkylation sites (N-methyl/N-ethyl adjacent to an activating group) is 1. The Morgan fingerprint density at radius 3 is 2.52 bits per heavy atom. The van der Waals surface area contributed by atoms with Crippen molar-refractivity contribution in [2.24, 2.45) is 0 Å². The first kappa shape index (κ1) is 19.1. The minimum Gasteiger partial charge on any atom is -0.504 e. The number of aliphatic hydroxyl groups is 1. The molecule has 0 saturated carbocycles. The summed E-state index contributed by atoms with van der Waals surface area (Å²) in [6.45, 7) is 0.831. The van der Waals surface area contributed by atoms with Crippen LogP contribution in [-0.2, 0) is 12.8 Å². The summed E-state index contributed by atoms with van der Waals surface area (Å²) < 4.78 is 11.0. The molecule has 0 aliphatic rings. The molecule has 5 heteroatoms. The number of hydrogen-bond donors (Lipinski definition) is 2. The zero-order chi connectivity index (χ0) is 18.2. The molecule has 0 amide bonds.